The summed E-state index contributed by atoms with van der Waals surface area (Å²) in [6.07, 6.45) is 7.15. The molecule has 0 amide bonds. The highest BCUT2D eigenvalue weighted by atomic mass is 16.5. The minimum atomic E-state index is -0.186. The van der Waals surface area contributed by atoms with E-state index in [4.69, 9.17) is 15.5 Å². The molecule has 2 aromatic carbocycles. The highest BCUT2D eigenvalue weighted by molar-refractivity contribution is 6.26. The maximum atomic E-state index is 6.24. The molecule has 1 heterocycles. The van der Waals surface area contributed by atoms with Gasteiger partial charge in [0.25, 0.3) is 0 Å². The zero-order chi connectivity index (χ0) is 20.6. The third-order valence-electron chi connectivity index (χ3n) is 6.56. The van der Waals surface area contributed by atoms with E-state index in [1.54, 1.807) is 0 Å². The van der Waals surface area contributed by atoms with Crippen LogP contribution in [0.25, 0.3) is 0 Å². The number of hydrazone groups is 1. The predicted octanol–water partition coefficient (Wildman–Crippen LogP) is 5.25. The summed E-state index contributed by atoms with van der Waals surface area (Å²) in [6.45, 7) is 2.20. The van der Waals surface area contributed by atoms with Crippen molar-refractivity contribution in [2.75, 3.05) is 0 Å². The first-order chi connectivity index (χ1) is 14.6. The van der Waals surface area contributed by atoms with E-state index < -0.39 is 0 Å². The number of amidine groups is 2. The van der Waals surface area contributed by atoms with Crippen LogP contribution in [0.3, 0.4) is 0 Å². The highest BCUT2D eigenvalue weighted by Crippen LogP contribution is 2.50. The van der Waals surface area contributed by atoms with Crippen molar-refractivity contribution in [1.29, 1.82) is 0 Å². The van der Waals surface area contributed by atoms with Crippen LogP contribution in [0.15, 0.2) is 75.8 Å². The molecule has 0 spiro atoms. The lowest BCUT2D eigenvalue weighted by molar-refractivity contribution is 0.482. The molecule has 2 fully saturated rings. The summed E-state index contributed by atoms with van der Waals surface area (Å²) in [5.74, 6) is 3.67. The molecule has 0 saturated heterocycles. The first-order valence-corrected chi connectivity index (χ1v) is 10.9. The van der Waals surface area contributed by atoms with Gasteiger partial charge in [-0.05, 0) is 68.4 Å². The number of nitrogens with two attached hydrogens (primary N) is 1. The average Bonchev–Trinajstić information content (AvgIpc) is 3.18. The highest BCUT2D eigenvalue weighted by Gasteiger charge is 2.45. The fourth-order valence-corrected chi connectivity index (χ4v) is 4.63. The predicted molar refractivity (Wildman–Crippen MR) is 121 cm³/mol. The Balaban J connectivity index is 1.39. The van der Waals surface area contributed by atoms with Gasteiger partial charge < -0.3 is 10.5 Å². The number of allylic oxidation sites excluding steroid dienone is 1. The van der Waals surface area contributed by atoms with Gasteiger partial charge in [-0.25, -0.2) is 0 Å². The molecule has 1 aliphatic heterocycles. The number of nitrogens with zero attached hydrogens (tertiary/aromatic N) is 2. The van der Waals surface area contributed by atoms with E-state index in [-0.39, 0.29) is 5.54 Å². The molecule has 0 radical (unpaired) electrons. The Morgan fingerprint density at radius 2 is 1.70 bits per heavy atom. The third kappa shape index (κ3) is 3.60. The molecule has 5 nitrogen and oxygen atoms in total. The van der Waals surface area contributed by atoms with Crippen LogP contribution in [0.2, 0.25) is 0 Å². The van der Waals surface area contributed by atoms with E-state index >= 15 is 0 Å². The largest absolute Gasteiger partial charge is 0.457 e. The molecule has 3 aliphatic rings. The Kier molecular flexibility index (Phi) is 4.81. The molecule has 2 saturated carbocycles. The first kappa shape index (κ1) is 18.9. The summed E-state index contributed by atoms with van der Waals surface area (Å²) in [7, 11) is 0. The molecule has 2 aliphatic carbocycles. The van der Waals surface area contributed by atoms with Crippen LogP contribution in [0.5, 0.6) is 11.5 Å². The van der Waals surface area contributed by atoms with Gasteiger partial charge in [-0.1, -0.05) is 48.7 Å². The maximum Gasteiger partial charge on any atom is 0.154 e. The normalized spacial score (nSPS) is 23.2. The average molecular weight is 401 g/mol. The number of ether oxygens (including phenoxy) is 1. The lowest BCUT2D eigenvalue weighted by Crippen LogP contribution is -2.23. The monoisotopic (exact) mass is 400 g/mol. The number of benzene rings is 2. The van der Waals surface area contributed by atoms with Crippen molar-refractivity contribution < 1.29 is 4.74 Å². The number of aliphatic imine (C=N–C) groups is 1. The van der Waals surface area contributed by atoms with Gasteiger partial charge in [0.05, 0.1) is 11.1 Å². The first-order valence-electron chi connectivity index (χ1n) is 10.9. The third-order valence-corrected chi connectivity index (χ3v) is 6.56. The summed E-state index contributed by atoms with van der Waals surface area (Å²) >= 11 is 0. The number of hydrogen-bond donors (Lipinski definition) is 2. The summed E-state index contributed by atoms with van der Waals surface area (Å²) in [6, 6.07) is 18.1. The molecular formula is C25H28N4O. The van der Waals surface area contributed by atoms with E-state index in [9.17, 15) is 0 Å². The van der Waals surface area contributed by atoms with Gasteiger partial charge in [0.1, 0.15) is 11.5 Å². The van der Waals surface area contributed by atoms with E-state index in [1.165, 1.54) is 36.8 Å². The molecule has 154 valence electrons. The van der Waals surface area contributed by atoms with Crippen molar-refractivity contribution in [3.8, 4) is 11.5 Å². The Bertz CT molecular complexity index is 1010. The number of hydrogen-bond acceptors (Lipinski definition) is 4. The van der Waals surface area contributed by atoms with Crippen LogP contribution in [0.1, 0.15) is 51.0 Å². The van der Waals surface area contributed by atoms with Crippen LogP contribution in [-0.2, 0) is 5.54 Å². The van der Waals surface area contributed by atoms with E-state index in [2.05, 4.69) is 29.6 Å². The van der Waals surface area contributed by atoms with Crippen LogP contribution >= 0.6 is 0 Å². The van der Waals surface area contributed by atoms with Gasteiger partial charge in [0, 0.05) is 0 Å². The fraction of sp³-hybridized carbons (Fsp3) is 0.360. The van der Waals surface area contributed by atoms with Gasteiger partial charge in [-0.15, -0.1) is 0 Å². The van der Waals surface area contributed by atoms with Gasteiger partial charge in [-0.2, -0.15) is 5.10 Å². The number of rotatable bonds is 5. The van der Waals surface area contributed by atoms with Crippen LogP contribution in [0, 0.1) is 5.92 Å². The van der Waals surface area contributed by atoms with Crippen LogP contribution in [0.4, 0.5) is 0 Å². The fourth-order valence-electron chi connectivity index (χ4n) is 4.63. The summed E-state index contributed by atoms with van der Waals surface area (Å²) in [5.41, 5.74) is 12.7. The second-order valence-electron chi connectivity index (χ2n) is 8.58. The van der Waals surface area contributed by atoms with Crippen molar-refractivity contribution in [1.82, 2.24) is 5.43 Å². The van der Waals surface area contributed by atoms with Crippen molar-refractivity contribution >= 4 is 11.7 Å². The lowest BCUT2D eigenvalue weighted by atomic mass is 9.93. The van der Waals surface area contributed by atoms with Crippen molar-refractivity contribution in [2.24, 2.45) is 21.7 Å². The molecule has 0 atom stereocenters. The van der Waals surface area contributed by atoms with E-state index in [0.29, 0.717) is 11.8 Å². The van der Waals surface area contributed by atoms with E-state index in [1.807, 2.05) is 42.5 Å². The van der Waals surface area contributed by atoms with Crippen LogP contribution < -0.4 is 15.9 Å². The molecular weight excluding hydrogens is 372 g/mol. The van der Waals surface area contributed by atoms with Crippen molar-refractivity contribution in [3.05, 3.63) is 71.3 Å². The molecule has 0 unspecified atom stereocenters. The summed E-state index contributed by atoms with van der Waals surface area (Å²) in [4.78, 5) is 5.14. The second-order valence-corrected chi connectivity index (χ2v) is 8.58. The van der Waals surface area contributed by atoms with Gasteiger partial charge in [0.2, 0.25) is 0 Å². The molecule has 5 heteroatoms. The van der Waals surface area contributed by atoms with Gasteiger partial charge in [-0.3, -0.25) is 10.4 Å². The van der Waals surface area contributed by atoms with E-state index in [0.717, 1.165) is 35.7 Å². The van der Waals surface area contributed by atoms with Crippen molar-refractivity contribution in [2.45, 2.75) is 51.0 Å². The lowest BCUT2D eigenvalue weighted by Gasteiger charge is -2.17. The summed E-state index contributed by atoms with van der Waals surface area (Å²) < 4.78 is 5.93. The Hall–Kier alpha value is -3.08. The smallest absolute Gasteiger partial charge is 0.154 e. The topological polar surface area (TPSA) is 72.0 Å². The Labute approximate surface area is 177 Å². The van der Waals surface area contributed by atoms with Crippen molar-refractivity contribution in [3.63, 3.8) is 0 Å². The maximum absolute atomic E-state index is 6.24. The van der Waals surface area contributed by atoms with Gasteiger partial charge in [0.15, 0.2) is 11.7 Å². The molecule has 0 bridgehead atoms. The summed E-state index contributed by atoms with van der Waals surface area (Å²) in [5, 5.41) is 4.29. The molecule has 5 rings (SSSR count). The Morgan fingerprint density at radius 1 is 1.03 bits per heavy atom. The SMILES string of the molecule is C/C(=C1/C(N)=NNC1=NC1(c2ccc(Oc3ccccc3)cc2)CC1)C1CCCC1. The second kappa shape index (κ2) is 7.63. The minimum absolute atomic E-state index is 0.186. The molecule has 30 heavy (non-hydrogen) atoms. The minimum Gasteiger partial charge on any atom is -0.457 e. The molecule has 3 N–H and O–H groups in total. The standard InChI is InChI=1S/C25H28N4O/c1-17(18-7-5-6-8-18)22-23(26)28-29-24(22)27-25(15-16-25)19-11-13-21(14-12-19)30-20-9-3-2-4-10-20/h2-4,9-14,18H,5-8,15-16H2,1H3,(H2,26,28)(H,27,29)/b22-17+. The Morgan fingerprint density at radius 3 is 2.37 bits per heavy atom. The zero-order valence-corrected chi connectivity index (χ0v) is 17.4. The number of para-hydroxylation sites is 1. The van der Waals surface area contributed by atoms with Gasteiger partial charge >= 0.3 is 0 Å². The zero-order valence-electron chi connectivity index (χ0n) is 17.4. The van der Waals surface area contributed by atoms with Crippen LogP contribution in [-0.4, -0.2) is 11.7 Å². The number of nitrogens with one attached hydrogen (secondary N) is 1. The molecule has 2 aromatic rings. The molecule has 0 aromatic heterocycles. The quantitative estimate of drug-likeness (QED) is 0.720.